The number of hydrogen-bond donors (Lipinski definition) is 3. The van der Waals surface area contributed by atoms with Gasteiger partial charge < -0.3 is 11.1 Å². The number of urea groups is 1. The van der Waals surface area contributed by atoms with Crippen molar-refractivity contribution in [1.82, 2.24) is 4.98 Å². The highest BCUT2D eigenvalue weighted by Gasteiger charge is 2.24. The van der Waals surface area contributed by atoms with Crippen LogP contribution in [0, 0.1) is 5.92 Å². The lowest BCUT2D eigenvalue weighted by atomic mass is 9.83. The van der Waals surface area contributed by atoms with E-state index in [1.165, 1.54) is 43.4 Å². The molecule has 1 aliphatic rings. The average molecular weight is 381 g/mol. The second kappa shape index (κ2) is 8.06. The first-order valence-electron chi connectivity index (χ1n) is 9.47. The Morgan fingerprint density at radius 1 is 1.07 bits per heavy atom. The highest BCUT2D eigenvalue weighted by Crippen LogP contribution is 2.34. The Morgan fingerprint density at radius 2 is 1.85 bits per heavy atom. The Balaban J connectivity index is 1.42. The number of hydrogen-bond acceptors (Lipinski definition) is 4. The molecular weight excluding hydrogens is 356 g/mol. The number of amides is 2. The van der Waals surface area contributed by atoms with Crippen molar-refractivity contribution in [2.24, 2.45) is 11.7 Å². The molecule has 0 radical (unpaired) electrons. The Morgan fingerprint density at radius 3 is 2.70 bits per heavy atom. The van der Waals surface area contributed by atoms with Gasteiger partial charge >= 0.3 is 6.03 Å². The monoisotopic (exact) mass is 380 g/mol. The molecule has 1 aromatic heterocycles. The molecule has 2 amide bonds. The lowest BCUT2D eigenvalue weighted by Crippen LogP contribution is -2.24. The standard InChI is InChI=1S/C21H24N4OS/c22-19(15-8-2-1-3-9-15)18-13-27-21(24-18)25-20(26)23-17-12-6-10-14-7-4-5-11-16(14)17/h4-7,10-13,15,19H,1-3,8-9,22H2,(H2,23,24,25,26). The number of aromatic nitrogens is 1. The zero-order valence-electron chi connectivity index (χ0n) is 15.2. The molecular formula is C21H24N4OS. The lowest BCUT2D eigenvalue weighted by molar-refractivity contribution is 0.262. The zero-order chi connectivity index (χ0) is 18.6. The Hall–Kier alpha value is -2.44. The molecule has 1 atom stereocenters. The van der Waals surface area contributed by atoms with Crippen LogP contribution in [0.3, 0.4) is 0 Å². The SMILES string of the molecule is NC(c1csc(NC(=O)Nc2cccc3ccccc23)n1)C1CCCCC1. The number of nitrogens with zero attached hydrogens (tertiary/aromatic N) is 1. The molecule has 4 N–H and O–H groups in total. The Bertz CT molecular complexity index is 927. The number of nitrogens with two attached hydrogens (primary N) is 1. The van der Waals surface area contributed by atoms with Crippen LogP contribution in [0.25, 0.3) is 10.8 Å². The fourth-order valence-corrected chi connectivity index (χ4v) is 4.57. The summed E-state index contributed by atoms with van der Waals surface area (Å²) < 4.78 is 0. The molecule has 2 aromatic carbocycles. The van der Waals surface area contributed by atoms with Gasteiger partial charge in [0.2, 0.25) is 0 Å². The van der Waals surface area contributed by atoms with E-state index in [-0.39, 0.29) is 12.1 Å². The summed E-state index contributed by atoms with van der Waals surface area (Å²) in [5.74, 6) is 0.498. The van der Waals surface area contributed by atoms with Crippen LogP contribution < -0.4 is 16.4 Å². The zero-order valence-corrected chi connectivity index (χ0v) is 16.0. The number of carbonyl (C=O) groups excluding carboxylic acids is 1. The van der Waals surface area contributed by atoms with Crippen LogP contribution in [0.15, 0.2) is 47.8 Å². The van der Waals surface area contributed by atoms with Gasteiger partial charge in [-0.25, -0.2) is 9.78 Å². The summed E-state index contributed by atoms with van der Waals surface area (Å²) in [5, 5.41) is 10.4. The van der Waals surface area contributed by atoms with E-state index in [0.29, 0.717) is 11.0 Å². The van der Waals surface area contributed by atoms with E-state index in [0.717, 1.165) is 22.2 Å². The quantitative estimate of drug-likeness (QED) is 0.557. The highest BCUT2D eigenvalue weighted by atomic mass is 32.1. The van der Waals surface area contributed by atoms with Crippen molar-refractivity contribution in [3.8, 4) is 0 Å². The van der Waals surface area contributed by atoms with Crippen LogP contribution in [0.1, 0.15) is 43.8 Å². The van der Waals surface area contributed by atoms with E-state index in [2.05, 4.69) is 15.6 Å². The van der Waals surface area contributed by atoms with Crippen molar-refractivity contribution in [3.05, 3.63) is 53.5 Å². The van der Waals surface area contributed by atoms with Crippen molar-refractivity contribution < 1.29 is 4.79 Å². The first-order chi connectivity index (χ1) is 13.2. The molecule has 0 bridgehead atoms. The number of rotatable bonds is 4. The van der Waals surface area contributed by atoms with Gasteiger partial charge in [-0.05, 0) is 30.2 Å². The van der Waals surface area contributed by atoms with Crippen molar-refractivity contribution in [1.29, 1.82) is 0 Å². The van der Waals surface area contributed by atoms with Gasteiger partial charge in [0.05, 0.1) is 17.4 Å². The summed E-state index contributed by atoms with van der Waals surface area (Å²) in [6.07, 6.45) is 6.15. The maximum atomic E-state index is 12.4. The van der Waals surface area contributed by atoms with Gasteiger partial charge in [-0.15, -0.1) is 11.3 Å². The first-order valence-corrected chi connectivity index (χ1v) is 10.4. The molecule has 3 aromatic rings. The second-order valence-electron chi connectivity index (χ2n) is 7.11. The predicted molar refractivity (Wildman–Crippen MR) is 112 cm³/mol. The van der Waals surface area contributed by atoms with Gasteiger partial charge in [-0.3, -0.25) is 5.32 Å². The van der Waals surface area contributed by atoms with Gasteiger partial charge in [-0.1, -0.05) is 55.7 Å². The van der Waals surface area contributed by atoms with Crippen LogP contribution in [-0.4, -0.2) is 11.0 Å². The third kappa shape index (κ3) is 4.12. The minimum atomic E-state index is -0.293. The topological polar surface area (TPSA) is 80.0 Å². The molecule has 0 spiro atoms. The number of thiazole rings is 1. The first kappa shape index (κ1) is 17.9. The van der Waals surface area contributed by atoms with Gasteiger partial charge in [0.25, 0.3) is 0 Å². The molecule has 1 heterocycles. The van der Waals surface area contributed by atoms with E-state index in [4.69, 9.17) is 5.73 Å². The summed E-state index contributed by atoms with van der Waals surface area (Å²) >= 11 is 1.42. The molecule has 1 aliphatic carbocycles. The maximum Gasteiger partial charge on any atom is 0.325 e. The van der Waals surface area contributed by atoms with Crippen LogP contribution in [-0.2, 0) is 0 Å². The highest BCUT2D eigenvalue weighted by molar-refractivity contribution is 7.14. The van der Waals surface area contributed by atoms with Gasteiger partial charge in [0.1, 0.15) is 0 Å². The van der Waals surface area contributed by atoms with Crippen LogP contribution in [0.5, 0.6) is 0 Å². The summed E-state index contributed by atoms with van der Waals surface area (Å²) in [6, 6.07) is 13.5. The molecule has 0 aliphatic heterocycles. The minimum Gasteiger partial charge on any atom is -0.322 e. The number of fused-ring (bicyclic) bond motifs is 1. The van der Waals surface area contributed by atoms with Crippen LogP contribution in [0.4, 0.5) is 15.6 Å². The summed E-state index contributed by atoms with van der Waals surface area (Å²) in [7, 11) is 0. The third-order valence-corrected chi connectivity index (χ3v) is 6.06. The Kier molecular flexibility index (Phi) is 5.36. The smallest absolute Gasteiger partial charge is 0.322 e. The fourth-order valence-electron chi connectivity index (χ4n) is 3.82. The minimum absolute atomic E-state index is 0.0433. The maximum absolute atomic E-state index is 12.4. The normalized spacial score (nSPS) is 16.2. The number of anilines is 2. The molecule has 0 saturated heterocycles. The third-order valence-electron chi connectivity index (χ3n) is 5.28. The molecule has 5 nitrogen and oxygen atoms in total. The van der Waals surface area contributed by atoms with E-state index in [1.54, 1.807) is 0 Å². The fraction of sp³-hybridized carbons (Fsp3) is 0.333. The van der Waals surface area contributed by atoms with Crippen LogP contribution in [0.2, 0.25) is 0 Å². The molecule has 1 unspecified atom stereocenters. The van der Waals surface area contributed by atoms with Gasteiger partial charge in [-0.2, -0.15) is 0 Å². The molecule has 6 heteroatoms. The second-order valence-corrected chi connectivity index (χ2v) is 7.97. The van der Waals surface area contributed by atoms with E-state index in [9.17, 15) is 4.79 Å². The van der Waals surface area contributed by atoms with E-state index >= 15 is 0 Å². The van der Waals surface area contributed by atoms with Crippen molar-refractivity contribution in [2.45, 2.75) is 38.1 Å². The number of nitrogens with one attached hydrogen (secondary N) is 2. The number of carbonyl (C=O) groups is 1. The summed E-state index contributed by atoms with van der Waals surface area (Å²) in [5.41, 5.74) is 8.08. The summed E-state index contributed by atoms with van der Waals surface area (Å²) in [4.78, 5) is 17.0. The van der Waals surface area contributed by atoms with Crippen molar-refractivity contribution >= 4 is 39.0 Å². The Labute approximate surface area is 163 Å². The van der Waals surface area contributed by atoms with Crippen molar-refractivity contribution in [2.75, 3.05) is 10.6 Å². The summed E-state index contributed by atoms with van der Waals surface area (Å²) in [6.45, 7) is 0. The lowest BCUT2D eigenvalue weighted by Gasteiger charge is -2.26. The van der Waals surface area contributed by atoms with Gasteiger partial charge in [0.15, 0.2) is 5.13 Å². The molecule has 27 heavy (non-hydrogen) atoms. The number of benzene rings is 2. The average Bonchev–Trinajstić information content (AvgIpc) is 3.16. The van der Waals surface area contributed by atoms with E-state index in [1.807, 2.05) is 47.8 Å². The van der Waals surface area contributed by atoms with E-state index < -0.39 is 0 Å². The molecule has 4 rings (SSSR count). The molecule has 1 fully saturated rings. The van der Waals surface area contributed by atoms with Crippen LogP contribution >= 0.6 is 11.3 Å². The molecule has 140 valence electrons. The van der Waals surface area contributed by atoms with Crippen molar-refractivity contribution in [3.63, 3.8) is 0 Å². The predicted octanol–water partition coefficient (Wildman–Crippen LogP) is 5.52. The van der Waals surface area contributed by atoms with Gasteiger partial charge in [0, 0.05) is 10.8 Å². The molecule has 1 saturated carbocycles. The largest absolute Gasteiger partial charge is 0.325 e.